The van der Waals surface area contributed by atoms with Gasteiger partial charge in [0.15, 0.2) is 5.82 Å². The van der Waals surface area contributed by atoms with E-state index in [1.807, 2.05) is 6.92 Å². The normalized spacial score (nSPS) is 24.0. The first-order chi connectivity index (χ1) is 8.59. The van der Waals surface area contributed by atoms with E-state index in [0.717, 1.165) is 44.1 Å². The van der Waals surface area contributed by atoms with Crippen LogP contribution in [0.4, 0.5) is 5.95 Å². The molecular weight excluding hydrogens is 230 g/mol. The molecule has 2 unspecified atom stereocenters. The van der Waals surface area contributed by atoms with Gasteiger partial charge in [-0.1, -0.05) is 6.92 Å². The molecule has 2 rings (SSSR count). The number of aromatic amines is 1. The largest absolute Gasteiger partial charge is 0.371 e. The van der Waals surface area contributed by atoms with Crippen LogP contribution in [-0.2, 0) is 10.3 Å². The van der Waals surface area contributed by atoms with Crippen molar-refractivity contribution in [3.63, 3.8) is 0 Å². The van der Waals surface area contributed by atoms with Crippen molar-refractivity contribution in [1.82, 2.24) is 15.2 Å². The second-order valence-electron chi connectivity index (χ2n) is 5.12. The Morgan fingerprint density at radius 2 is 2.39 bits per heavy atom. The number of piperidine rings is 1. The van der Waals surface area contributed by atoms with Crippen molar-refractivity contribution >= 4 is 5.95 Å². The van der Waals surface area contributed by atoms with Crippen LogP contribution in [0.2, 0.25) is 0 Å². The van der Waals surface area contributed by atoms with Crippen LogP contribution in [0.3, 0.4) is 0 Å². The molecule has 0 amide bonds. The highest BCUT2D eigenvalue weighted by molar-refractivity contribution is 5.30. The molecular formula is C12H23N5O. The van der Waals surface area contributed by atoms with Crippen LogP contribution in [0.15, 0.2) is 0 Å². The molecule has 1 aliphatic rings. The predicted octanol–water partition coefficient (Wildman–Crippen LogP) is 1.00. The van der Waals surface area contributed by atoms with Crippen molar-refractivity contribution in [2.45, 2.75) is 44.8 Å². The highest BCUT2D eigenvalue weighted by atomic mass is 16.5. The number of nitrogens with one attached hydrogen (secondary N) is 1. The SMILES string of the molecule is CCC(C)(OC)c1nc(N2CCCC(N)C2)n[nH]1. The lowest BCUT2D eigenvalue weighted by Gasteiger charge is -2.29. The molecule has 1 aromatic rings. The van der Waals surface area contributed by atoms with Gasteiger partial charge < -0.3 is 15.4 Å². The zero-order valence-corrected chi connectivity index (χ0v) is 11.4. The minimum atomic E-state index is -0.400. The maximum absolute atomic E-state index is 5.98. The number of nitrogens with two attached hydrogens (primary N) is 1. The first-order valence-corrected chi connectivity index (χ1v) is 6.57. The number of hydrogen-bond acceptors (Lipinski definition) is 5. The van der Waals surface area contributed by atoms with Crippen LogP contribution in [0, 0.1) is 0 Å². The summed E-state index contributed by atoms with van der Waals surface area (Å²) in [4.78, 5) is 6.70. The minimum Gasteiger partial charge on any atom is -0.371 e. The number of rotatable bonds is 4. The maximum Gasteiger partial charge on any atom is 0.244 e. The number of aromatic nitrogens is 3. The number of H-pyrrole nitrogens is 1. The Morgan fingerprint density at radius 1 is 1.61 bits per heavy atom. The molecule has 0 aromatic carbocycles. The lowest BCUT2D eigenvalue weighted by molar-refractivity contribution is -0.00865. The third kappa shape index (κ3) is 2.49. The van der Waals surface area contributed by atoms with Gasteiger partial charge in [0.1, 0.15) is 5.60 Å². The van der Waals surface area contributed by atoms with Crippen molar-refractivity contribution in [3.05, 3.63) is 5.82 Å². The second kappa shape index (κ2) is 5.24. The van der Waals surface area contributed by atoms with E-state index >= 15 is 0 Å². The van der Waals surface area contributed by atoms with Gasteiger partial charge in [-0.2, -0.15) is 4.98 Å². The Hall–Kier alpha value is -1.14. The highest BCUT2D eigenvalue weighted by Gasteiger charge is 2.29. The third-order valence-corrected chi connectivity index (χ3v) is 3.84. The van der Waals surface area contributed by atoms with Gasteiger partial charge in [-0.15, -0.1) is 5.10 Å². The number of ether oxygens (including phenoxy) is 1. The zero-order chi connectivity index (χ0) is 13.2. The average molecular weight is 253 g/mol. The lowest BCUT2D eigenvalue weighted by Crippen LogP contribution is -2.43. The highest BCUT2D eigenvalue weighted by Crippen LogP contribution is 2.26. The minimum absolute atomic E-state index is 0.223. The van der Waals surface area contributed by atoms with E-state index in [1.165, 1.54) is 0 Å². The number of nitrogens with zero attached hydrogens (tertiary/aromatic N) is 3. The third-order valence-electron chi connectivity index (χ3n) is 3.84. The summed E-state index contributed by atoms with van der Waals surface area (Å²) >= 11 is 0. The van der Waals surface area contributed by atoms with Gasteiger partial charge in [0, 0.05) is 26.2 Å². The van der Waals surface area contributed by atoms with Crippen LogP contribution in [0.1, 0.15) is 38.9 Å². The molecule has 2 heterocycles. The summed E-state index contributed by atoms with van der Waals surface area (Å²) in [6.07, 6.45) is 3.02. The summed E-state index contributed by atoms with van der Waals surface area (Å²) in [6, 6.07) is 0.223. The maximum atomic E-state index is 5.98. The fourth-order valence-electron chi connectivity index (χ4n) is 2.23. The summed E-state index contributed by atoms with van der Waals surface area (Å²) in [5.41, 5.74) is 5.58. The molecule has 102 valence electrons. The van der Waals surface area contributed by atoms with Crippen molar-refractivity contribution in [2.24, 2.45) is 5.73 Å². The summed E-state index contributed by atoms with van der Waals surface area (Å²) in [7, 11) is 1.70. The molecule has 2 atom stereocenters. The van der Waals surface area contributed by atoms with Crippen molar-refractivity contribution in [3.8, 4) is 0 Å². The molecule has 18 heavy (non-hydrogen) atoms. The number of methoxy groups -OCH3 is 1. The van der Waals surface area contributed by atoms with E-state index in [9.17, 15) is 0 Å². The van der Waals surface area contributed by atoms with Gasteiger partial charge in [0.05, 0.1) is 0 Å². The van der Waals surface area contributed by atoms with Crippen LogP contribution >= 0.6 is 0 Å². The Labute approximate surface area is 108 Å². The molecule has 1 saturated heterocycles. The Balaban J connectivity index is 2.14. The number of anilines is 1. The van der Waals surface area contributed by atoms with E-state index in [0.29, 0.717) is 0 Å². The molecule has 0 spiro atoms. The fourth-order valence-corrected chi connectivity index (χ4v) is 2.23. The summed E-state index contributed by atoms with van der Waals surface area (Å²) in [6.45, 7) is 5.88. The molecule has 1 aromatic heterocycles. The predicted molar refractivity (Wildman–Crippen MR) is 70.5 cm³/mol. The number of hydrogen-bond donors (Lipinski definition) is 2. The van der Waals surface area contributed by atoms with Gasteiger partial charge >= 0.3 is 0 Å². The Kier molecular flexibility index (Phi) is 3.87. The average Bonchev–Trinajstić information content (AvgIpc) is 2.88. The quantitative estimate of drug-likeness (QED) is 0.837. The van der Waals surface area contributed by atoms with E-state index in [2.05, 4.69) is 27.0 Å². The van der Waals surface area contributed by atoms with Crippen LogP contribution in [0.25, 0.3) is 0 Å². The first kappa shape index (κ1) is 13.3. The smallest absolute Gasteiger partial charge is 0.244 e. The first-order valence-electron chi connectivity index (χ1n) is 6.57. The molecule has 6 nitrogen and oxygen atoms in total. The standard InChI is InChI=1S/C12H23N5O/c1-4-12(2,18-3)10-14-11(16-15-10)17-7-5-6-9(13)8-17/h9H,4-8,13H2,1-3H3,(H,14,15,16). The van der Waals surface area contributed by atoms with Crippen LogP contribution in [0.5, 0.6) is 0 Å². The monoisotopic (exact) mass is 253 g/mol. The summed E-state index contributed by atoms with van der Waals surface area (Å²) in [5.74, 6) is 1.51. The molecule has 0 saturated carbocycles. The van der Waals surface area contributed by atoms with Crippen LogP contribution < -0.4 is 10.6 Å². The Bertz CT molecular complexity index is 388. The van der Waals surface area contributed by atoms with E-state index < -0.39 is 5.60 Å². The van der Waals surface area contributed by atoms with Gasteiger partial charge in [-0.3, -0.25) is 5.10 Å². The van der Waals surface area contributed by atoms with Crippen LogP contribution in [-0.4, -0.2) is 41.4 Å². The van der Waals surface area contributed by atoms with E-state index in [-0.39, 0.29) is 6.04 Å². The van der Waals surface area contributed by atoms with E-state index in [1.54, 1.807) is 7.11 Å². The topological polar surface area (TPSA) is 80.1 Å². The fraction of sp³-hybridized carbons (Fsp3) is 0.833. The van der Waals surface area contributed by atoms with Crippen molar-refractivity contribution < 1.29 is 4.74 Å². The summed E-state index contributed by atoms with van der Waals surface area (Å²) in [5, 5.41) is 7.28. The molecule has 3 N–H and O–H groups in total. The van der Waals surface area contributed by atoms with Gasteiger partial charge in [0.25, 0.3) is 0 Å². The molecule has 1 fully saturated rings. The summed E-state index contributed by atoms with van der Waals surface area (Å²) < 4.78 is 5.52. The van der Waals surface area contributed by atoms with Crippen molar-refractivity contribution in [2.75, 3.05) is 25.1 Å². The van der Waals surface area contributed by atoms with Crippen molar-refractivity contribution in [1.29, 1.82) is 0 Å². The zero-order valence-electron chi connectivity index (χ0n) is 11.4. The molecule has 0 radical (unpaired) electrons. The van der Waals surface area contributed by atoms with Gasteiger partial charge in [-0.05, 0) is 26.2 Å². The molecule has 0 aliphatic carbocycles. The lowest BCUT2D eigenvalue weighted by atomic mass is 10.0. The second-order valence-corrected chi connectivity index (χ2v) is 5.12. The van der Waals surface area contributed by atoms with E-state index in [4.69, 9.17) is 10.5 Å². The Morgan fingerprint density at radius 3 is 3.00 bits per heavy atom. The molecule has 0 bridgehead atoms. The van der Waals surface area contributed by atoms with Gasteiger partial charge in [0.2, 0.25) is 5.95 Å². The molecule has 1 aliphatic heterocycles. The van der Waals surface area contributed by atoms with Gasteiger partial charge in [-0.25, -0.2) is 0 Å². The molecule has 6 heteroatoms.